The predicted octanol–water partition coefficient (Wildman–Crippen LogP) is 3.24. The van der Waals surface area contributed by atoms with Gasteiger partial charge in [0, 0.05) is 35.9 Å². The number of nitrogens with zero attached hydrogens (tertiary/aromatic N) is 3. The van der Waals surface area contributed by atoms with Crippen molar-refractivity contribution in [3.8, 4) is 10.4 Å². The van der Waals surface area contributed by atoms with Crippen LogP contribution in [0, 0.1) is 0 Å². The molecule has 0 unspecified atom stereocenters. The number of halogens is 1. The maximum Gasteiger partial charge on any atom is 0.224 e. The Morgan fingerprint density at radius 2 is 2.30 bits per heavy atom. The van der Waals surface area contributed by atoms with Crippen molar-refractivity contribution in [3.05, 3.63) is 47.2 Å². The third-order valence-electron chi connectivity index (χ3n) is 2.79. The third-order valence-corrected chi connectivity index (χ3v) is 3.87. The Bertz CT molecular complexity index is 666. The highest BCUT2D eigenvalue weighted by molar-refractivity contribution is 7.13. The van der Waals surface area contributed by atoms with Gasteiger partial charge >= 0.3 is 0 Å². The summed E-state index contributed by atoms with van der Waals surface area (Å²) in [7, 11) is 0. The number of anilines is 1. The van der Waals surface area contributed by atoms with E-state index >= 15 is 0 Å². The molecule has 2 N–H and O–H groups in total. The Hall–Kier alpha value is -1.92. The molecule has 7 heteroatoms. The van der Waals surface area contributed by atoms with E-state index in [4.69, 9.17) is 11.6 Å². The predicted molar refractivity (Wildman–Crippen MR) is 81.1 cm³/mol. The van der Waals surface area contributed by atoms with Crippen LogP contribution in [-0.2, 0) is 6.42 Å². The molecule has 3 rings (SSSR count). The molecule has 0 bridgehead atoms. The van der Waals surface area contributed by atoms with E-state index in [-0.39, 0.29) is 5.28 Å². The van der Waals surface area contributed by atoms with E-state index in [2.05, 4.69) is 25.3 Å². The van der Waals surface area contributed by atoms with E-state index < -0.39 is 0 Å². The maximum atomic E-state index is 5.88. The van der Waals surface area contributed by atoms with E-state index in [1.54, 1.807) is 23.9 Å². The molecule has 3 aromatic heterocycles. The van der Waals surface area contributed by atoms with E-state index in [0.29, 0.717) is 0 Å². The molecule has 0 aromatic carbocycles. The van der Waals surface area contributed by atoms with Gasteiger partial charge in [-0.2, -0.15) is 0 Å². The number of nitrogens with one attached hydrogen (secondary N) is 2. The van der Waals surface area contributed by atoms with E-state index in [1.165, 1.54) is 0 Å². The Labute approximate surface area is 125 Å². The number of imidazole rings is 1. The van der Waals surface area contributed by atoms with Crippen LogP contribution >= 0.6 is 22.9 Å². The van der Waals surface area contributed by atoms with Crippen LogP contribution in [0.4, 0.5) is 5.82 Å². The Balaban J connectivity index is 1.76. The molecule has 3 heterocycles. The van der Waals surface area contributed by atoms with Gasteiger partial charge in [-0.3, -0.25) is 0 Å². The highest BCUT2D eigenvalue weighted by atomic mass is 35.5. The first-order chi connectivity index (χ1) is 9.83. The summed E-state index contributed by atoms with van der Waals surface area (Å²) in [6, 6.07) is 4.04. The lowest BCUT2D eigenvalue weighted by molar-refractivity contribution is 0.965. The second-order valence-electron chi connectivity index (χ2n) is 4.13. The average Bonchev–Trinajstić information content (AvgIpc) is 3.11. The Kier molecular flexibility index (Phi) is 3.94. The highest BCUT2D eigenvalue weighted by Crippen LogP contribution is 2.30. The van der Waals surface area contributed by atoms with Crippen molar-refractivity contribution in [2.75, 3.05) is 11.9 Å². The van der Waals surface area contributed by atoms with Gasteiger partial charge < -0.3 is 10.3 Å². The van der Waals surface area contributed by atoms with Gasteiger partial charge in [0.25, 0.3) is 0 Å². The monoisotopic (exact) mass is 305 g/mol. The number of rotatable bonds is 5. The van der Waals surface area contributed by atoms with Crippen molar-refractivity contribution in [3.63, 3.8) is 0 Å². The number of H-pyrrole nitrogens is 1. The summed E-state index contributed by atoms with van der Waals surface area (Å²) in [6.07, 6.45) is 6.08. The Morgan fingerprint density at radius 1 is 1.35 bits per heavy atom. The lowest BCUT2D eigenvalue weighted by atomic mass is 10.2. The average molecular weight is 306 g/mol. The van der Waals surface area contributed by atoms with Gasteiger partial charge in [-0.1, -0.05) is 6.07 Å². The molecule has 0 aliphatic carbocycles. The number of aromatic nitrogens is 4. The molecule has 102 valence electrons. The van der Waals surface area contributed by atoms with Crippen molar-refractivity contribution < 1.29 is 0 Å². The van der Waals surface area contributed by atoms with Crippen LogP contribution in [0.2, 0.25) is 5.28 Å². The molecule has 0 saturated heterocycles. The first kappa shape index (κ1) is 13.1. The van der Waals surface area contributed by atoms with Crippen molar-refractivity contribution >= 4 is 28.8 Å². The number of thiophene rings is 1. The zero-order valence-electron chi connectivity index (χ0n) is 10.5. The molecule has 0 aliphatic rings. The van der Waals surface area contributed by atoms with Crippen molar-refractivity contribution in [2.24, 2.45) is 0 Å². The standard InChI is InChI=1S/C13H12ClN5S/c14-13-17-7-10(11-2-1-5-20-11)12(19-13)16-4-3-9-6-15-8-18-9/h1-2,5-8H,3-4H2,(H,15,18)(H,16,17,19). The Morgan fingerprint density at radius 3 is 3.05 bits per heavy atom. The van der Waals surface area contributed by atoms with Crippen molar-refractivity contribution in [1.29, 1.82) is 0 Å². The lowest BCUT2D eigenvalue weighted by Crippen LogP contribution is -2.08. The molecule has 3 aromatic rings. The molecule has 0 spiro atoms. The largest absolute Gasteiger partial charge is 0.369 e. The molecule has 0 aliphatic heterocycles. The van der Waals surface area contributed by atoms with Crippen molar-refractivity contribution in [2.45, 2.75) is 6.42 Å². The first-order valence-corrected chi connectivity index (χ1v) is 7.36. The topological polar surface area (TPSA) is 66.5 Å². The van der Waals surface area contributed by atoms with Gasteiger partial charge in [-0.15, -0.1) is 11.3 Å². The van der Waals surface area contributed by atoms with Crippen LogP contribution < -0.4 is 5.32 Å². The van der Waals surface area contributed by atoms with E-state index in [1.807, 2.05) is 23.7 Å². The second kappa shape index (κ2) is 6.02. The molecule has 0 amide bonds. The maximum absolute atomic E-state index is 5.88. The summed E-state index contributed by atoms with van der Waals surface area (Å²) >= 11 is 7.53. The zero-order chi connectivity index (χ0) is 13.8. The minimum absolute atomic E-state index is 0.245. The normalized spacial score (nSPS) is 10.7. The number of hydrogen-bond acceptors (Lipinski definition) is 5. The first-order valence-electron chi connectivity index (χ1n) is 6.10. The molecule has 0 radical (unpaired) electrons. The molecule has 0 saturated carbocycles. The molecule has 0 atom stereocenters. The summed E-state index contributed by atoms with van der Waals surface area (Å²) in [6.45, 7) is 0.744. The van der Waals surface area contributed by atoms with Crippen LogP contribution in [0.3, 0.4) is 0 Å². The van der Waals surface area contributed by atoms with Gasteiger partial charge in [0.2, 0.25) is 5.28 Å². The van der Waals surface area contributed by atoms with Gasteiger partial charge in [-0.25, -0.2) is 15.0 Å². The number of hydrogen-bond donors (Lipinski definition) is 2. The zero-order valence-corrected chi connectivity index (χ0v) is 12.1. The summed E-state index contributed by atoms with van der Waals surface area (Å²) in [5.41, 5.74) is 2.05. The summed E-state index contributed by atoms with van der Waals surface area (Å²) in [5, 5.41) is 5.57. The molecule has 5 nitrogen and oxygen atoms in total. The fourth-order valence-corrected chi connectivity index (χ4v) is 2.71. The molecular weight excluding hydrogens is 294 g/mol. The second-order valence-corrected chi connectivity index (χ2v) is 5.42. The fourth-order valence-electron chi connectivity index (χ4n) is 1.84. The van der Waals surface area contributed by atoms with Crippen LogP contribution in [0.25, 0.3) is 10.4 Å². The SMILES string of the molecule is Clc1ncc(-c2cccs2)c(NCCc2cnc[nH]2)n1. The van der Waals surface area contributed by atoms with Crippen LogP contribution in [-0.4, -0.2) is 26.5 Å². The quantitative estimate of drug-likeness (QED) is 0.710. The molecular formula is C13H12ClN5S. The minimum atomic E-state index is 0.245. The van der Waals surface area contributed by atoms with Crippen LogP contribution in [0.15, 0.2) is 36.2 Å². The van der Waals surface area contributed by atoms with Gasteiger partial charge in [0.1, 0.15) is 5.82 Å². The van der Waals surface area contributed by atoms with Crippen molar-refractivity contribution in [1.82, 2.24) is 19.9 Å². The van der Waals surface area contributed by atoms with Gasteiger partial charge in [0.05, 0.1) is 11.9 Å². The van der Waals surface area contributed by atoms with Gasteiger partial charge in [0.15, 0.2) is 0 Å². The van der Waals surface area contributed by atoms with E-state index in [9.17, 15) is 0 Å². The summed E-state index contributed by atoms with van der Waals surface area (Å²) in [4.78, 5) is 16.5. The number of aromatic amines is 1. The van der Waals surface area contributed by atoms with Crippen LogP contribution in [0.1, 0.15) is 5.69 Å². The molecule has 0 fully saturated rings. The van der Waals surface area contributed by atoms with E-state index in [0.717, 1.165) is 34.9 Å². The fraction of sp³-hybridized carbons (Fsp3) is 0.154. The minimum Gasteiger partial charge on any atom is -0.369 e. The summed E-state index contributed by atoms with van der Waals surface area (Å²) in [5.74, 6) is 0.756. The lowest BCUT2D eigenvalue weighted by Gasteiger charge is -2.09. The third kappa shape index (κ3) is 2.97. The highest BCUT2D eigenvalue weighted by Gasteiger charge is 2.09. The van der Waals surface area contributed by atoms with Crippen LogP contribution in [0.5, 0.6) is 0 Å². The molecule has 20 heavy (non-hydrogen) atoms. The summed E-state index contributed by atoms with van der Waals surface area (Å²) < 4.78 is 0. The smallest absolute Gasteiger partial charge is 0.224 e. The van der Waals surface area contributed by atoms with Gasteiger partial charge in [-0.05, 0) is 23.0 Å².